The highest BCUT2D eigenvalue weighted by Gasteiger charge is 2.41. The van der Waals surface area contributed by atoms with Gasteiger partial charge in [-0.1, -0.05) is 0 Å². The van der Waals surface area contributed by atoms with Gasteiger partial charge >= 0.3 is 12.3 Å². The lowest BCUT2D eigenvalue weighted by molar-refractivity contribution is -0.122. The molecule has 1 aromatic rings. The number of nitrogens with one attached hydrogen (secondary N) is 2. The average Bonchev–Trinajstić information content (AvgIpc) is 2.27. The molecule has 1 heterocycles. The Morgan fingerprint density at radius 3 is 2.39 bits per heavy atom. The maximum Gasteiger partial charge on any atom is 0.320 e. The summed E-state index contributed by atoms with van der Waals surface area (Å²) in [5, 5.41) is 0. The van der Waals surface area contributed by atoms with Crippen LogP contribution in [0.25, 0.3) is 0 Å². The van der Waals surface area contributed by atoms with Gasteiger partial charge in [0.15, 0.2) is 0 Å². The Hall–Kier alpha value is -1.42. The Morgan fingerprint density at radius 2 is 1.94 bits per heavy atom. The zero-order valence-corrected chi connectivity index (χ0v) is 9.48. The van der Waals surface area contributed by atoms with Crippen LogP contribution >= 0.6 is 0 Å². The van der Waals surface area contributed by atoms with E-state index in [0.29, 0.717) is 0 Å². The van der Waals surface area contributed by atoms with Crippen molar-refractivity contribution in [3.63, 3.8) is 0 Å². The highest BCUT2D eigenvalue weighted by Crippen LogP contribution is 2.22. The van der Waals surface area contributed by atoms with Crippen molar-refractivity contribution < 1.29 is 26.0 Å². The lowest BCUT2D eigenvalue weighted by Gasteiger charge is -2.15. The zero-order valence-electron chi connectivity index (χ0n) is 8.66. The van der Waals surface area contributed by atoms with E-state index in [1.165, 1.54) is 4.72 Å². The fourth-order valence-corrected chi connectivity index (χ4v) is 1.93. The molecule has 2 N–H and O–H groups in total. The summed E-state index contributed by atoms with van der Waals surface area (Å²) in [5.74, 6) is -4.46. The lowest BCUT2D eigenvalue weighted by atomic mass is 10.4. The maximum atomic E-state index is 12.5. The van der Waals surface area contributed by atoms with Gasteiger partial charge in [0.2, 0.25) is 15.6 Å². The van der Waals surface area contributed by atoms with Crippen molar-refractivity contribution in [1.29, 1.82) is 0 Å². The Labute approximate surface area is 98.9 Å². The van der Waals surface area contributed by atoms with Crippen molar-refractivity contribution in [3.05, 3.63) is 28.7 Å². The van der Waals surface area contributed by atoms with Gasteiger partial charge in [-0.3, -0.25) is 4.79 Å². The molecular weight excluding hydrogens is 280 g/mol. The molecule has 0 saturated carbocycles. The minimum Gasteiger partial charge on any atom is -0.328 e. The third kappa shape index (κ3) is 3.53. The van der Waals surface area contributed by atoms with Crippen molar-refractivity contribution in [3.8, 4) is 0 Å². The van der Waals surface area contributed by atoms with Crippen LogP contribution in [0.2, 0.25) is 0 Å². The third-order valence-electron chi connectivity index (χ3n) is 1.88. The third-order valence-corrected chi connectivity index (χ3v) is 3.28. The fourth-order valence-electron chi connectivity index (χ4n) is 0.915. The highest BCUT2D eigenvalue weighted by molar-refractivity contribution is 7.89. The molecule has 0 spiro atoms. The van der Waals surface area contributed by atoms with Crippen LogP contribution in [-0.2, 0) is 10.0 Å². The summed E-state index contributed by atoms with van der Waals surface area (Å²) in [5.41, 5.74) is -0.591. The molecular formula is C8H8F4N2O3S. The van der Waals surface area contributed by atoms with Crippen LogP contribution < -0.4 is 10.3 Å². The number of H-pyrrole nitrogens is 1. The molecule has 0 fully saturated rings. The van der Waals surface area contributed by atoms with E-state index in [4.69, 9.17) is 0 Å². The summed E-state index contributed by atoms with van der Waals surface area (Å²) in [4.78, 5) is 12.2. The van der Waals surface area contributed by atoms with E-state index in [1.54, 1.807) is 0 Å². The van der Waals surface area contributed by atoms with Crippen LogP contribution in [0.4, 0.5) is 17.6 Å². The number of pyridine rings is 1. The summed E-state index contributed by atoms with van der Waals surface area (Å²) >= 11 is 0. The standard InChI is InChI=1S/C8H8F4N2O3S/c9-7(10)8(11,12)4-14-18(16,17)5-1-2-6(15)13-3-5/h1-3,7,14H,4H2,(H,13,15). The van der Waals surface area contributed by atoms with E-state index < -0.39 is 39.4 Å². The molecule has 0 unspecified atom stereocenters. The average molecular weight is 288 g/mol. The molecule has 0 amide bonds. The van der Waals surface area contributed by atoms with Crippen LogP contribution in [0, 0.1) is 0 Å². The number of sulfonamides is 1. The number of aromatic nitrogens is 1. The molecule has 0 aliphatic rings. The van der Waals surface area contributed by atoms with Crippen molar-refractivity contribution in [2.24, 2.45) is 0 Å². The first-order chi connectivity index (χ1) is 8.15. The number of aromatic amines is 1. The van der Waals surface area contributed by atoms with E-state index in [1.807, 2.05) is 4.98 Å². The van der Waals surface area contributed by atoms with Gasteiger partial charge in [-0.2, -0.15) is 8.78 Å². The van der Waals surface area contributed by atoms with Crippen molar-refractivity contribution in [2.75, 3.05) is 6.54 Å². The van der Waals surface area contributed by atoms with Crippen LogP contribution in [0.1, 0.15) is 0 Å². The van der Waals surface area contributed by atoms with Gasteiger partial charge in [0, 0.05) is 12.3 Å². The van der Waals surface area contributed by atoms with E-state index in [9.17, 15) is 30.8 Å². The SMILES string of the molecule is O=c1ccc(S(=O)(=O)NCC(F)(F)C(F)F)c[nH]1. The van der Waals surface area contributed by atoms with Gasteiger partial charge in [-0.25, -0.2) is 21.9 Å². The summed E-state index contributed by atoms with van der Waals surface area (Å²) in [6, 6.07) is 1.72. The summed E-state index contributed by atoms with van der Waals surface area (Å²) < 4.78 is 72.8. The molecule has 1 aromatic heterocycles. The Kier molecular flexibility index (Phi) is 4.12. The van der Waals surface area contributed by atoms with Gasteiger partial charge in [-0.05, 0) is 6.07 Å². The molecule has 0 radical (unpaired) electrons. The lowest BCUT2D eigenvalue weighted by Crippen LogP contribution is -2.41. The minimum atomic E-state index is -4.46. The van der Waals surface area contributed by atoms with Gasteiger partial charge in [0.05, 0.1) is 11.4 Å². The minimum absolute atomic E-state index is 0.507. The van der Waals surface area contributed by atoms with E-state index >= 15 is 0 Å². The monoisotopic (exact) mass is 288 g/mol. The molecule has 0 saturated heterocycles. The van der Waals surface area contributed by atoms with E-state index in [-0.39, 0.29) is 0 Å². The number of hydrogen-bond donors (Lipinski definition) is 2. The predicted molar refractivity (Wildman–Crippen MR) is 53.2 cm³/mol. The van der Waals surface area contributed by atoms with Crippen molar-refractivity contribution >= 4 is 10.0 Å². The van der Waals surface area contributed by atoms with Crippen LogP contribution in [0.15, 0.2) is 28.0 Å². The number of alkyl halides is 4. The molecule has 1 rings (SSSR count). The highest BCUT2D eigenvalue weighted by atomic mass is 32.2. The van der Waals surface area contributed by atoms with Gasteiger partial charge in [-0.15, -0.1) is 0 Å². The Balaban J connectivity index is 2.84. The molecule has 5 nitrogen and oxygen atoms in total. The molecule has 102 valence electrons. The first-order valence-electron chi connectivity index (χ1n) is 4.49. The van der Waals surface area contributed by atoms with Crippen molar-refractivity contribution in [1.82, 2.24) is 9.71 Å². The molecule has 18 heavy (non-hydrogen) atoms. The zero-order chi connectivity index (χ0) is 14.0. The predicted octanol–water partition coefficient (Wildman–Crippen LogP) is 0.554. The number of rotatable bonds is 5. The molecule has 0 aliphatic carbocycles. The first-order valence-corrected chi connectivity index (χ1v) is 5.98. The summed E-state index contributed by atoms with van der Waals surface area (Å²) in [6.45, 7) is -1.73. The second kappa shape index (κ2) is 5.06. The topological polar surface area (TPSA) is 79.0 Å². The first kappa shape index (κ1) is 14.6. The summed E-state index contributed by atoms with van der Waals surface area (Å²) in [7, 11) is -4.38. The van der Waals surface area contributed by atoms with Gasteiger partial charge < -0.3 is 4.98 Å². The fraction of sp³-hybridized carbons (Fsp3) is 0.375. The maximum absolute atomic E-state index is 12.5. The number of halogens is 4. The van der Waals surface area contributed by atoms with Gasteiger partial charge in [0.1, 0.15) is 0 Å². The Bertz CT molecular complexity index is 549. The molecule has 0 bridgehead atoms. The summed E-state index contributed by atoms with van der Waals surface area (Å²) in [6.07, 6.45) is -3.21. The van der Waals surface area contributed by atoms with E-state index in [0.717, 1.165) is 18.3 Å². The second-order valence-corrected chi connectivity index (χ2v) is 5.04. The quantitative estimate of drug-likeness (QED) is 0.777. The number of hydrogen-bond acceptors (Lipinski definition) is 3. The smallest absolute Gasteiger partial charge is 0.320 e. The van der Waals surface area contributed by atoms with Crippen LogP contribution in [0.5, 0.6) is 0 Å². The van der Waals surface area contributed by atoms with Crippen LogP contribution in [-0.4, -0.2) is 32.3 Å². The second-order valence-electron chi connectivity index (χ2n) is 3.27. The molecule has 10 heteroatoms. The van der Waals surface area contributed by atoms with Crippen LogP contribution in [0.3, 0.4) is 0 Å². The molecule has 0 aliphatic heterocycles. The largest absolute Gasteiger partial charge is 0.328 e. The van der Waals surface area contributed by atoms with Crippen molar-refractivity contribution in [2.45, 2.75) is 17.2 Å². The van der Waals surface area contributed by atoms with Gasteiger partial charge in [0.25, 0.3) is 0 Å². The molecule has 0 aromatic carbocycles. The van der Waals surface area contributed by atoms with E-state index in [2.05, 4.69) is 0 Å². The molecule has 0 atom stereocenters. The normalized spacial score (nSPS) is 12.9. The Morgan fingerprint density at radius 1 is 1.33 bits per heavy atom.